The van der Waals surface area contributed by atoms with Gasteiger partial charge in [0.25, 0.3) is 0 Å². The summed E-state index contributed by atoms with van der Waals surface area (Å²) in [5, 5.41) is 10.0. The second-order valence-corrected chi connectivity index (χ2v) is 17.7. The van der Waals surface area contributed by atoms with Crippen molar-refractivity contribution in [3.05, 3.63) is 122 Å². The van der Waals surface area contributed by atoms with Gasteiger partial charge in [-0.05, 0) is 89.9 Å². The molecule has 63 heavy (non-hydrogen) atoms. The first-order valence-electron chi connectivity index (χ1n) is 23.4. The number of likely N-dealkylation sites (N-methyl/N-ethyl adjacent to an activating group) is 1. The van der Waals surface area contributed by atoms with Crippen LogP contribution in [0.4, 0.5) is 0 Å². The quantitative estimate of drug-likeness (QED) is 0.0154. The lowest BCUT2D eigenvalue weighted by Crippen LogP contribution is -2.37. The van der Waals surface area contributed by atoms with Gasteiger partial charge in [-0.15, -0.1) is 0 Å². The number of hydrogen-bond acceptors (Lipinski definition) is 8. The summed E-state index contributed by atoms with van der Waals surface area (Å²) in [6.45, 7) is 4.04. The minimum absolute atomic E-state index is 0.00206. The van der Waals surface area contributed by atoms with Crippen LogP contribution in [0, 0.1) is 0 Å². The second kappa shape index (κ2) is 42.3. The number of phosphoric ester groups is 1. The van der Waals surface area contributed by atoms with Gasteiger partial charge in [-0.25, -0.2) is 4.57 Å². The molecule has 0 radical (unpaired) electrons. The van der Waals surface area contributed by atoms with Crippen LogP contribution in [0.15, 0.2) is 122 Å². The van der Waals surface area contributed by atoms with Crippen molar-refractivity contribution in [2.45, 2.75) is 148 Å². The number of carbonyl (C=O) groups is 2. The van der Waals surface area contributed by atoms with Gasteiger partial charge < -0.3 is 24.0 Å². The van der Waals surface area contributed by atoms with Gasteiger partial charge in [0.05, 0.1) is 33.9 Å². The molecule has 0 aliphatic heterocycles. The third-order valence-electron chi connectivity index (χ3n) is 9.07. The van der Waals surface area contributed by atoms with Crippen molar-refractivity contribution in [2.75, 3.05) is 47.5 Å². The summed E-state index contributed by atoms with van der Waals surface area (Å²) in [5.41, 5.74) is 0. The lowest BCUT2D eigenvalue weighted by atomic mass is 10.1. The Hall–Kier alpha value is -3.63. The molecule has 0 aliphatic rings. The molecule has 0 saturated heterocycles. The molecule has 10 nitrogen and oxygen atoms in total. The molecule has 0 bridgehead atoms. The Labute approximate surface area is 382 Å². The number of quaternary nitrogens is 1. The summed E-state index contributed by atoms with van der Waals surface area (Å²) in [6.07, 6.45) is 55.8. The maximum absolute atomic E-state index is 12.7. The maximum Gasteiger partial charge on any atom is 0.472 e. The lowest BCUT2D eigenvalue weighted by molar-refractivity contribution is -0.870. The van der Waals surface area contributed by atoms with Gasteiger partial charge in [-0.2, -0.15) is 0 Å². The molecule has 356 valence electrons. The predicted octanol–water partition coefficient (Wildman–Crippen LogP) is 12.7. The fourth-order valence-corrected chi connectivity index (χ4v) is 6.14. The van der Waals surface area contributed by atoms with Gasteiger partial charge in [0.2, 0.25) is 0 Å². The fraction of sp³-hybridized carbons (Fsp3) is 0.577. The van der Waals surface area contributed by atoms with Gasteiger partial charge in [0.1, 0.15) is 19.8 Å². The first kappa shape index (κ1) is 59.4. The summed E-state index contributed by atoms with van der Waals surface area (Å²) < 4.78 is 34.2. The number of aliphatic hydroxyl groups is 1. The van der Waals surface area contributed by atoms with Gasteiger partial charge in [-0.3, -0.25) is 18.6 Å². The molecular formula is C52H85NO9P+. The molecule has 0 aromatic heterocycles. The Morgan fingerprint density at radius 2 is 1.13 bits per heavy atom. The number of hydrogen-bond donors (Lipinski definition) is 2. The molecule has 0 rings (SSSR count). The molecule has 0 aromatic rings. The van der Waals surface area contributed by atoms with E-state index in [1.54, 1.807) is 6.08 Å². The topological polar surface area (TPSA) is 129 Å². The Morgan fingerprint density at radius 3 is 1.71 bits per heavy atom. The first-order valence-corrected chi connectivity index (χ1v) is 24.9. The monoisotopic (exact) mass is 899 g/mol. The number of nitrogens with zero attached hydrogens (tertiary/aromatic N) is 1. The van der Waals surface area contributed by atoms with Crippen LogP contribution in [0.5, 0.6) is 0 Å². The smallest absolute Gasteiger partial charge is 0.462 e. The molecule has 0 spiro atoms. The molecule has 2 unspecified atom stereocenters. The van der Waals surface area contributed by atoms with Crippen molar-refractivity contribution < 1.29 is 47.2 Å². The van der Waals surface area contributed by atoms with Gasteiger partial charge in [0.15, 0.2) is 6.10 Å². The van der Waals surface area contributed by atoms with E-state index in [1.165, 1.54) is 25.7 Å². The van der Waals surface area contributed by atoms with Crippen LogP contribution in [-0.4, -0.2) is 86.1 Å². The van der Waals surface area contributed by atoms with Crippen molar-refractivity contribution >= 4 is 19.8 Å². The highest BCUT2D eigenvalue weighted by atomic mass is 31.2. The number of unbranched alkanes of at least 4 members (excludes halogenated alkanes) is 6. The predicted molar refractivity (Wildman–Crippen MR) is 262 cm³/mol. The standard InChI is InChI=1S/C52H84NO9P/c1-6-8-10-12-14-15-16-17-18-19-20-21-22-23-24-29-32-36-40-44-52(56)62-50(48-61-63(57,58)60-46-45-53(3,4)5)47-59-51(55)43-39-35-31-28-26-25-27-30-34-38-42-49(54)41-37-33-13-11-9-7-2/h9,11,14-15,17-18,20-21,23-26,30-31,33-35,37-38,42,49-50,54H,6-8,10,12-13,16,19,22,27-29,32,36,39-41,43-48H2,1-5H3/p+1/b11-9-,15-14-,18-17-,21-20-,24-23-,26-25-,34-30-,35-31-,37-33-,42-38+/t49?,50-/m1/s1. The van der Waals surface area contributed by atoms with Crippen LogP contribution in [0.1, 0.15) is 136 Å². The fourth-order valence-electron chi connectivity index (χ4n) is 5.40. The Kier molecular flexibility index (Phi) is 39.9. The minimum Gasteiger partial charge on any atom is -0.462 e. The van der Waals surface area contributed by atoms with Crippen LogP contribution in [-0.2, 0) is 32.7 Å². The van der Waals surface area contributed by atoms with E-state index in [2.05, 4.69) is 80.7 Å². The average Bonchev–Trinajstić information content (AvgIpc) is 3.23. The number of phosphoric acid groups is 1. The molecule has 0 amide bonds. The number of allylic oxidation sites excluding steroid dienone is 18. The number of ether oxygens (including phenoxy) is 2. The first-order chi connectivity index (χ1) is 30.4. The third kappa shape index (κ3) is 46.2. The van der Waals surface area contributed by atoms with Crippen molar-refractivity contribution in [1.29, 1.82) is 0 Å². The molecule has 2 N–H and O–H groups in total. The van der Waals surface area contributed by atoms with E-state index in [0.29, 0.717) is 30.3 Å². The Morgan fingerprint density at radius 1 is 0.587 bits per heavy atom. The third-order valence-corrected chi connectivity index (χ3v) is 10.1. The second-order valence-electron chi connectivity index (χ2n) is 16.2. The van der Waals surface area contributed by atoms with Crippen molar-refractivity contribution in [1.82, 2.24) is 0 Å². The Balaban J connectivity index is 4.59. The van der Waals surface area contributed by atoms with Crippen LogP contribution >= 0.6 is 7.82 Å². The van der Waals surface area contributed by atoms with Gasteiger partial charge >= 0.3 is 19.8 Å². The number of aliphatic hydroxyl groups excluding tert-OH is 1. The molecule has 0 aromatic carbocycles. The van der Waals surface area contributed by atoms with E-state index < -0.39 is 38.6 Å². The van der Waals surface area contributed by atoms with Crippen LogP contribution in [0.3, 0.4) is 0 Å². The summed E-state index contributed by atoms with van der Waals surface area (Å²) in [6, 6.07) is 0. The number of esters is 2. The molecule has 11 heteroatoms. The molecule has 0 aliphatic carbocycles. The number of carbonyl (C=O) groups excluding carboxylic acids is 2. The molecule has 0 saturated carbocycles. The summed E-state index contributed by atoms with van der Waals surface area (Å²) in [7, 11) is 1.36. The Bertz CT molecular complexity index is 1500. The zero-order valence-electron chi connectivity index (χ0n) is 39.6. The largest absolute Gasteiger partial charge is 0.472 e. The summed E-state index contributed by atoms with van der Waals surface area (Å²) in [5.74, 6) is -0.976. The van der Waals surface area contributed by atoms with E-state index in [4.69, 9.17) is 18.5 Å². The summed E-state index contributed by atoms with van der Waals surface area (Å²) in [4.78, 5) is 35.4. The van der Waals surface area contributed by atoms with Crippen LogP contribution in [0.25, 0.3) is 0 Å². The minimum atomic E-state index is -4.42. The van der Waals surface area contributed by atoms with Crippen LogP contribution < -0.4 is 0 Å². The lowest BCUT2D eigenvalue weighted by Gasteiger charge is -2.24. The normalized spacial score (nSPS) is 15.1. The van der Waals surface area contributed by atoms with E-state index in [0.717, 1.165) is 64.2 Å². The molecular weight excluding hydrogens is 814 g/mol. The van der Waals surface area contributed by atoms with E-state index in [-0.39, 0.29) is 26.1 Å². The zero-order chi connectivity index (χ0) is 46.5. The molecule has 3 atom stereocenters. The average molecular weight is 899 g/mol. The van der Waals surface area contributed by atoms with Crippen LogP contribution in [0.2, 0.25) is 0 Å². The maximum atomic E-state index is 12.7. The highest BCUT2D eigenvalue weighted by Crippen LogP contribution is 2.43. The molecule has 0 heterocycles. The van der Waals surface area contributed by atoms with Crippen molar-refractivity contribution in [3.63, 3.8) is 0 Å². The van der Waals surface area contributed by atoms with E-state index in [9.17, 15) is 24.2 Å². The van der Waals surface area contributed by atoms with Crippen molar-refractivity contribution in [3.8, 4) is 0 Å². The van der Waals surface area contributed by atoms with Gasteiger partial charge in [-0.1, -0.05) is 155 Å². The van der Waals surface area contributed by atoms with Gasteiger partial charge in [0, 0.05) is 12.8 Å². The summed E-state index contributed by atoms with van der Waals surface area (Å²) >= 11 is 0. The van der Waals surface area contributed by atoms with E-state index in [1.807, 2.05) is 69.8 Å². The highest BCUT2D eigenvalue weighted by molar-refractivity contribution is 7.47. The molecule has 0 fully saturated rings. The number of rotatable bonds is 40. The highest BCUT2D eigenvalue weighted by Gasteiger charge is 2.27. The zero-order valence-corrected chi connectivity index (χ0v) is 40.5. The SMILES string of the molecule is CC/C=C\C/C=C\CC(O)/C=C/C=C\C/C=C\C/C=C\CCC(=O)OC[C@H](COP(=O)(O)OCC[N+](C)(C)C)OC(=O)CCCCC/C=C\C/C=C\C/C=C\C/C=C\CCCCC. The van der Waals surface area contributed by atoms with Crippen molar-refractivity contribution in [2.24, 2.45) is 0 Å². The van der Waals surface area contributed by atoms with E-state index >= 15 is 0 Å².